The van der Waals surface area contributed by atoms with Crippen LogP contribution in [0.5, 0.6) is 0 Å². The maximum atomic E-state index is 12.0. The van der Waals surface area contributed by atoms with E-state index in [-0.39, 0.29) is 24.3 Å². The van der Waals surface area contributed by atoms with Gasteiger partial charge >= 0.3 is 11.9 Å². The predicted molar refractivity (Wildman–Crippen MR) is 206 cm³/mol. The van der Waals surface area contributed by atoms with Crippen LogP contribution in [-0.4, -0.2) is 69.7 Å². The summed E-state index contributed by atoms with van der Waals surface area (Å²) in [6, 6.07) is 0. The summed E-state index contributed by atoms with van der Waals surface area (Å²) in [6.07, 6.45) is 35.3. The van der Waals surface area contributed by atoms with Crippen LogP contribution in [0.1, 0.15) is 181 Å². The van der Waals surface area contributed by atoms with Gasteiger partial charge in [-0.2, -0.15) is 0 Å². The summed E-state index contributed by atoms with van der Waals surface area (Å²) in [5.41, 5.74) is 0. The fourth-order valence-corrected chi connectivity index (χ4v) is 5.74. The third kappa shape index (κ3) is 37.4. The molecule has 1 unspecified atom stereocenters. The SMILES string of the molecule is CCCCCCC=CCOC(=O)CCCCCCCC(CCCCCCCC(=O)OCC=CCCCCCC)OC(C)OCCCN(C)C. The molecule has 0 amide bonds. The molecular weight excluding hydrogens is 614 g/mol. The summed E-state index contributed by atoms with van der Waals surface area (Å²) < 4.78 is 23.0. The van der Waals surface area contributed by atoms with E-state index in [1.165, 1.54) is 51.4 Å². The van der Waals surface area contributed by atoms with Crippen molar-refractivity contribution in [1.82, 2.24) is 4.90 Å². The molecule has 0 radical (unpaired) electrons. The Morgan fingerprint density at radius 3 is 1.49 bits per heavy atom. The molecule has 0 heterocycles. The number of esters is 2. The van der Waals surface area contributed by atoms with E-state index in [0.29, 0.717) is 32.7 Å². The van der Waals surface area contributed by atoms with Crippen molar-refractivity contribution in [3.8, 4) is 0 Å². The van der Waals surface area contributed by atoms with Crippen LogP contribution in [0.2, 0.25) is 0 Å². The number of carbonyl (C=O) groups excluding carboxylic acids is 2. The molecule has 0 rings (SSSR count). The highest BCUT2D eigenvalue weighted by Gasteiger charge is 2.14. The number of rotatable bonds is 37. The van der Waals surface area contributed by atoms with Crippen molar-refractivity contribution >= 4 is 11.9 Å². The largest absolute Gasteiger partial charge is 0.461 e. The van der Waals surface area contributed by atoms with Gasteiger partial charge in [0.1, 0.15) is 13.2 Å². The molecule has 0 aromatic carbocycles. The standard InChI is InChI=1S/C42H79NO6/c1-6-8-10-12-14-22-28-36-47-41(44)33-26-20-16-18-24-31-40(49-39(3)46-38-30-35-43(4)5)32-25-19-17-21-27-34-42(45)48-37-29-23-15-13-11-9-7-2/h22-23,28-29,39-40H,6-21,24-27,30-38H2,1-5H3. The first-order chi connectivity index (χ1) is 23.9. The molecule has 0 aliphatic rings. The number of nitrogens with zero attached hydrogens (tertiary/aromatic N) is 1. The van der Waals surface area contributed by atoms with Crippen molar-refractivity contribution in [2.75, 3.05) is 40.5 Å². The maximum Gasteiger partial charge on any atom is 0.306 e. The van der Waals surface area contributed by atoms with Crippen LogP contribution < -0.4 is 0 Å². The van der Waals surface area contributed by atoms with E-state index in [9.17, 15) is 9.59 Å². The van der Waals surface area contributed by atoms with Gasteiger partial charge in [0.2, 0.25) is 0 Å². The van der Waals surface area contributed by atoms with Gasteiger partial charge in [0.05, 0.1) is 12.7 Å². The second-order valence-corrected chi connectivity index (χ2v) is 14.0. The summed E-state index contributed by atoms with van der Waals surface area (Å²) in [7, 11) is 4.16. The fraction of sp³-hybridized carbons (Fsp3) is 0.857. The van der Waals surface area contributed by atoms with E-state index in [1.807, 2.05) is 19.1 Å². The first-order valence-electron chi connectivity index (χ1n) is 20.4. The Balaban J connectivity index is 4.15. The Morgan fingerprint density at radius 1 is 0.571 bits per heavy atom. The molecule has 0 aromatic rings. The van der Waals surface area contributed by atoms with Gasteiger partial charge in [-0.1, -0.05) is 128 Å². The Morgan fingerprint density at radius 2 is 1.02 bits per heavy atom. The predicted octanol–water partition coefficient (Wildman–Crippen LogP) is 11.3. The molecule has 49 heavy (non-hydrogen) atoms. The third-order valence-electron chi connectivity index (χ3n) is 8.76. The molecule has 0 aliphatic carbocycles. The smallest absolute Gasteiger partial charge is 0.306 e. The molecule has 288 valence electrons. The van der Waals surface area contributed by atoms with Crippen molar-refractivity contribution in [3.05, 3.63) is 24.3 Å². The number of carbonyl (C=O) groups is 2. The first kappa shape index (κ1) is 47.3. The molecule has 0 bridgehead atoms. The van der Waals surface area contributed by atoms with Crippen molar-refractivity contribution in [2.24, 2.45) is 0 Å². The first-order valence-corrected chi connectivity index (χ1v) is 20.4. The molecule has 1 atom stereocenters. The molecule has 0 saturated carbocycles. The van der Waals surface area contributed by atoms with Gasteiger partial charge in [-0.3, -0.25) is 9.59 Å². The van der Waals surface area contributed by atoms with Crippen LogP contribution in [0.3, 0.4) is 0 Å². The van der Waals surface area contributed by atoms with E-state index in [2.05, 4.69) is 45.0 Å². The van der Waals surface area contributed by atoms with Gasteiger partial charge in [0, 0.05) is 12.8 Å². The summed E-state index contributed by atoms with van der Waals surface area (Å²) in [5.74, 6) is -0.167. The second-order valence-electron chi connectivity index (χ2n) is 14.0. The quantitative estimate of drug-likeness (QED) is 0.0277. The highest BCUT2D eigenvalue weighted by Crippen LogP contribution is 2.19. The van der Waals surface area contributed by atoms with Crippen LogP contribution >= 0.6 is 0 Å². The topological polar surface area (TPSA) is 74.3 Å². The lowest BCUT2D eigenvalue weighted by molar-refractivity contribution is -0.164. The van der Waals surface area contributed by atoms with Gasteiger partial charge in [-0.25, -0.2) is 0 Å². The lowest BCUT2D eigenvalue weighted by Crippen LogP contribution is -2.24. The van der Waals surface area contributed by atoms with E-state index in [0.717, 1.165) is 103 Å². The van der Waals surface area contributed by atoms with Crippen molar-refractivity contribution in [3.63, 3.8) is 0 Å². The van der Waals surface area contributed by atoms with Crippen LogP contribution in [0.15, 0.2) is 24.3 Å². The van der Waals surface area contributed by atoms with Crippen LogP contribution in [0.4, 0.5) is 0 Å². The molecule has 0 aliphatic heterocycles. The summed E-state index contributed by atoms with van der Waals surface area (Å²) in [4.78, 5) is 26.2. The minimum atomic E-state index is -0.198. The molecule has 0 spiro atoms. The summed E-state index contributed by atoms with van der Waals surface area (Å²) in [6.45, 7) is 8.99. The van der Waals surface area contributed by atoms with Gasteiger partial charge in [-0.05, 0) is 85.4 Å². The monoisotopic (exact) mass is 694 g/mol. The molecular formula is C42H79NO6. The summed E-state index contributed by atoms with van der Waals surface area (Å²) >= 11 is 0. The zero-order valence-electron chi connectivity index (χ0n) is 32.9. The van der Waals surface area contributed by atoms with Crippen LogP contribution in [0.25, 0.3) is 0 Å². The molecule has 7 heteroatoms. The number of allylic oxidation sites excluding steroid dienone is 2. The molecule has 0 aromatic heterocycles. The minimum absolute atomic E-state index is 0.0835. The Hall–Kier alpha value is -1.70. The van der Waals surface area contributed by atoms with E-state index >= 15 is 0 Å². The summed E-state index contributed by atoms with van der Waals surface area (Å²) in [5, 5.41) is 0. The van der Waals surface area contributed by atoms with Gasteiger partial charge in [0.15, 0.2) is 6.29 Å². The zero-order valence-corrected chi connectivity index (χ0v) is 32.9. The fourth-order valence-electron chi connectivity index (χ4n) is 5.74. The van der Waals surface area contributed by atoms with Crippen molar-refractivity contribution < 1.29 is 28.5 Å². The Labute approximate surface area is 303 Å². The van der Waals surface area contributed by atoms with Gasteiger partial charge < -0.3 is 23.8 Å². The Kier molecular flexibility index (Phi) is 36.2. The van der Waals surface area contributed by atoms with Crippen LogP contribution in [-0.2, 0) is 28.5 Å². The minimum Gasteiger partial charge on any atom is -0.461 e. The number of unbranched alkanes of at least 4 members (excludes halogenated alkanes) is 16. The average molecular weight is 694 g/mol. The highest BCUT2D eigenvalue weighted by atomic mass is 16.7. The van der Waals surface area contributed by atoms with E-state index in [4.69, 9.17) is 18.9 Å². The lowest BCUT2D eigenvalue weighted by Gasteiger charge is -2.23. The molecule has 7 nitrogen and oxygen atoms in total. The zero-order chi connectivity index (χ0) is 36.0. The van der Waals surface area contributed by atoms with Crippen molar-refractivity contribution in [2.45, 2.75) is 194 Å². The molecule has 0 fully saturated rings. The van der Waals surface area contributed by atoms with Gasteiger partial charge in [0.25, 0.3) is 0 Å². The highest BCUT2D eigenvalue weighted by molar-refractivity contribution is 5.69. The van der Waals surface area contributed by atoms with E-state index in [1.54, 1.807) is 0 Å². The molecule has 0 saturated heterocycles. The number of hydrogen-bond acceptors (Lipinski definition) is 7. The normalized spacial score (nSPS) is 13.1. The van der Waals surface area contributed by atoms with Gasteiger partial charge in [-0.15, -0.1) is 0 Å². The third-order valence-corrected chi connectivity index (χ3v) is 8.76. The molecule has 0 N–H and O–H groups in total. The number of ether oxygens (including phenoxy) is 4. The number of hydrogen-bond donors (Lipinski definition) is 0. The second kappa shape index (κ2) is 37.6. The average Bonchev–Trinajstić information content (AvgIpc) is 3.07. The van der Waals surface area contributed by atoms with E-state index < -0.39 is 0 Å². The maximum absolute atomic E-state index is 12.0. The Bertz CT molecular complexity index is 731. The van der Waals surface area contributed by atoms with Crippen molar-refractivity contribution in [1.29, 1.82) is 0 Å². The lowest BCUT2D eigenvalue weighted by atomic mass is 10.0. The van der Waals surface area contributed by atoms with Crippen LogP contribution in [0, 0.1) is 0 Å².